The van der Waals surface area contributed by atoms with Gasteiger partial charge < -0.3 is 9.08 Å². The van der Waals surface area contributed by atoms with Gasteiger partial charge in [-0.25, -0.2) is 0 Å². The smallest absolute Gasteiger partial charge is 0.262 e. The number of amides is 4. The molecule has 1 unspecified atom stereocenters. The van der Waals surface area contributed by atoms with E-state index in [9.17, 15) is 19.2 Å². The van der Waals surface area contributed by atoms with Crippen LogP contribution in [0.1, 0.15) is 33.6 Å². The van der Waals surface area contributed by atoms with Crippen LogP contribution in [-0.2, 0) is 13.8 Å². The quantitative estimate of drug-likeness (QED) is 0.372. The van der Waals surface area contributed by atoms with Gasteiger partial charge in [0.2, 0.25) is 11.8 Å². The monoisotopic (exact) mass is 501 g/mol. The number of fused-ring (bicyclic) bond motifs is 1. The summed E-state index contributed by atoms with van der Waals surface area (Å²) in [7, 11) is 1.32. The highest BCUT2D eigenvalue weighted by molar-refractivity contribution is 14.2. The van der Waals surface area contributed by atoms with E-state index < -0.39 is 23.8 Å². The molecule has 0 aromatic heterocycles. The third kappa shape index (κ3) is 3.34. The van der Waals surface area contributed by atoms with Gasteiger partial charge in [-0.2, -0.15) is 0 Å². The fourth-order valence-corrected chi connectivity index (χ4v) is 4.35. The molecule has 0 aliphatic carbocycles. The molecule has 0 saturated carbocycles. The predicted octanol–water partition coefficient (Wildman–Crippen LogP) is 1.54. The second kappa shape index (κ2) is 7.40. The highest BCUT2D eigenvalue weighted by Gasteiger charge is 2.45. The molecule has 3 heterocycles. The molecule has 10 heteroatoms. The molecular formula is C17H16IN3O5S. The number of anilines is 1. The molecule has 2 fully saturated rings. The Morgan fingerprint density at radius 2 is 1.89 bits per heavy atom. The molecule has 3 aliphatic heterocycles. The number of halogens is 1. The molecule has 1 atom stereocenters. The molecule has 0 radical (unpaired) electrons. The summed E-state index contributed by atoms with van der Waals surface area (Å²) in [5.74, 6) is -1.50. The lowest BCUT2D eigenvalue weighted by Gasteiger charge is -2.40. The fourth-order valence-electron chi connectivity index (χ4n) is 3.66. The van der Waals surface area contributed by atoms with Crippen LogP contribution in [0.25, 0.3) is 0 Å². The van der Waals surface area contributed by atoms with Gasteiger partial charge in [0.1, 0.15) is 6.04 Å². The Hall–Kier alpha value is -1.66. The molecule has 142 valence electrons. The van der Waals surface area contributed by atoms with Crippen molar-refractivity contribution in [1.82, 2.24) is 10.2 Å². The van der Waals surface area contributed by atoms with Gasteiger partial charge in [-0.15, -0.1) is 0 Å². The van der Waals surface area contributed by atoms with Gasteiger partial charge in [-0.1, -0.05) is 0 Å². The summed E-state index contributed by atoms with van der Waals surface area (Å²) in [6.07, 6.45) is 0.271. The van der Waals surface area contributed by atoms with Crippen molar-refractivity contribution in [3.8, 4) is 0 Å². The molecule has 2 saturated heterocycles. The molecule has 4 amide bonds. The van der Waals surface area contributed by atoms with Crippen molar-refractivity contribution in [2.24, 2.45) is 5.92 Å². The number of nitrogens with one attached hydrogen (secondary N) is 1. The van der Waals surface area contributed by atoms with Crippen molar-refractivity contribution in [3.05, 3.63) is 29.3 Å². The first-order valence-electron chi connectivity index (χ1n) is 8.50. The van der Waals surface area contributed by atoms with Crippen LogP contribution in [0.15, 0.2) is 18.2 Å². The maximum absolute atomic E-state index is 12.8. The van der Waals surface area contributed by atoms with E-state index in [0.29, 0.717) is 23.7 Å². The summed E-state index contributed by atoms with van der Waals surface area (Å²) in [5.41, 5.74) is 1.48. The molecule has 27 heavy (non-hydrogen) atoms. The van der Waals surface area contributed by atoms with Gasteiger partial charge >= 0.3 is 0 Å². The van der Waals surface area contributed by atoms with Crippen molar-refractivity contribution < 1.29 is 23.4 Å². The van der Waals surface area contributed by atoms with Crippen molar-refractivity contribution in [3.63, 3.8) is 0 Å². The van der Waals surface area contributed by atoms with E-state index in [0.717, 1.165) is 23.7 Å². The maximum atomic E-state index is 12.8. The summed E-state index contributed by atoms with van der Waals surface area (Å²) in [4.78, 5) is 52.0. The average Bonchev–Trinajstić information content (AvgIpc) is 2.85. The number of hydrogen-bond donors (Lipinski definition) is 1. The summed E-state index contributed by atoms with van der Waals surface area (Å²) in [6, 6.07) is 4.24. The highest BCUT2D eigenvalue weighted by Crippen LogP contribution is 2.33. The average molecular weight is 501 g/mol. The SMILES string of the molecule is O=C1CCC(N2C(=O)c3ccc(N4CC(COSI)C4)cc3C2=O)C(=O)N1. The fraction of sp³-hybridized carbons (Fsp3) is 0.412. The van der Waals surface area contributed by atoms with Crippen LogP contribution in [0.2, 0.25) is 0 Å². The minimum Gasteiger partial charge on any atom is -0.371 e. The summed E-state index contributed by atoms with van der Waals surface area (Å²) < 4.78 is 5.34. The first-order chi connectivity index (χ1) is 13.0. The Morgan fingerprint density at radius 1 is 1.15 bits per heavy atom. The Bertz CT molecular complexity index is 842. The van der Waals surface area contributed by atoms with E-state index in [-0.39, 0.29) is 18.7 Å². The van der Waals surface area contributed by atoms with E-state index in [2.05, 4.69) is 31.4 Å². The maximum Gasteiger partial charge on any atom is 0.262 e. The van der Waals surface area contributed by atoms with Crippen molar-refractivity contribution >= 4 is 59.7 Å². The molecule has 8 nitrogen and oxygen atoms in total. The van der Waals surface area contributed by atoms with E-state index >= 15 is 0 Å². The third-order valence-electron chi connectivity index (χ3n) is 5.09. The van der Waals surface area contributed by atoms with Gasteiger partial charge in [0.25, 0.3) is 11.8 Å². The van der Waals surface area contributed by atoms with Crippen LogP contribution >= 0.6 is 30.4 Å². The molecule has 4 rings (SSSR count). The minimum atomic E-state index is -0.935. The van der Waals surface area contributed by atoms with Gasteiger partial charge in [-0.05, 0) is 24.6 Å². The van der Waals surface area contributed by atoms with Gasteiger partial charge in [0.15, 0.2) is 0 Å². The normalized spacial score (nSPS) is 22.8. The Morgan fingerprint density at radius 3 is 2.59 bits per heavy atom. The second-order valence-electron chi connectivity index (χ2n) is 6.80. The lowest BCUT2D eigenvalue weighted by atomic mass is 9.99. The van der Waals surface area contributed by atoms with Gasteiger partial charge in [-0.3, -0.25) is 29.4 Å². The van der Waals surface area contributed by atoms with Crippen molar-refractivity contribution in [2.45, 2.75) is 18.9 Å². The standard InChI is InChI=1S/C17H16IN3O5S/c18-27-26-8-9-6-20(7-9)10-1-2-11-12(5-10)17(25)21(16(11)24)13-3-4-14(22)19-15(13)23/h1-2,5,9,13H,3-4,6-8H2,(H,19,22,23). The molecule has 1 N–H and O–H groups in total. The van der Waals surface area contributed by atoms with Crippen molar-refractivity contribution in [1.29, 1.82) is 0 Å². The zero-order chi connectivity index (χ0) is 19.1. The topological polar surface area (TPSA) is 96.0 Å². The largest absolute Gasteiger partial charge is 0.371 e. The molecule has 0 spiro atoms. The number of hydrogen-bond acceptors (Lipinski definition) is 7. The number of nitrogens with zero attached hydrogens (tertiary/aromatic N) is 2. The van der Waals surface area contributed by atoms with Crippen LogP contribution in [0, 0.1) is 5.92 Å². The zero-order valence-corrected chi connectivity index (χ0v) is 17.1. The summed E-state index contributed by atoms with van der Waals surface area (Å²) in [5, 5.41) is 2.20. The summed E-state index contributed by atoms with van der Waals surface area (Å²) in [6.45, 7) is 2.33. The van der Waals surface area contributed by atoms with E-state index in [1.165, 1.54) is 9.21 Å². The first kappa shape index (κ1) is 18.7. The molecule has 1 aromatic rings. The lowest BCUT2D eigenvalue weighted by Crippen LogP contribution is -2.54. The summed E-state index contributed by atoms with van der Waals surface area (Å²) >= 11 is 2.08. The minimum absolute atomic E-state index is 0.113. The van der Waals surface area contributed by atoms with Gasteiger partial charge in [0.05, 0.1) is 26.9 Å². The number of benzene rings is 1. The van der Waals surface area contributed by atoms with Crippen LogP contribution < -0.4 is 10.2 Å². The van der Waals surface area contributed by atoms with E-state index in [4.69, 9.17) is 4.18 Å². The zero-order valence-electron chi connectivity index (χ0n) is 14.1. The molecule has 1 aromatic carbocycles. The van der Waals surface area contributed by atoms with Crippen LogP contribution in [0.4, 0.5) is 5.69 Å². The number of carbonyl (C=O) groups excluding carboxylic acids is 4. The highest BCUT2D eigenvalue weighted by atomic mass is 127. The van der Waals surface area contributed by atoms with Gasteiger partial charge in [0, 0.05) is 52.3 Å². The second-order valence-corrected chi connectivity index (χ2v) is 8.24. The predicted molar refractivity (Wildman–Crippen MR) is 106 cm³/mol. The van der Waals surface area contributed by atoms with Crippen LogP contribution in [0.5, 0.6) is 0 Å². The van der Waals surface area contributed by atoms with E-state index in [1.54, 1.807) is 12.1 Å². The number of piperidine rings is 1. The van der Waals surface area contributed by atoms with Crippen LogP contribution in [0.3, 0.4) is 0 Å². The van der Waals surface area contributed by atoms with Crippen molar-refractivity contribution in [2.75, 3.05) is 24.6 Å². The number of rotatable bonds is 5. The Kier molecular flexibility index (Phi) is 5.12. The number of imide groups is 2. The third-order valence-corrected chi connectivity index (χ3v) is 6.08. The van der Waals surface area contributed by atoms with Crippen LogP contribution in [-0.4, -0.2) is 54.3 Å². The molecule has 3 aliphatic rings. The van der Waals surface area contributed by atoms with E-state index in [1.807, 2.05) is 6.07 Å². The number of carbonyl (C=O) groups is 4. The first-order valence-corrected chi connectivity index (χ1v) is 11.8. The Balaban J connectivity index is 1.51. The lowest BCUT2D eigenvalue weighted by molar-refractivity contribution is -0.136. The Labute approximate surface area is 171 Å². The molecular weight excluding hydrogens is 485 g/mol. The molecule has 0 bridgehead atoms.